The van der Waals surface area contributed by atoms with Gasteiger partial charge in [-0.15, -0.1) is 0 Å². The predicted molar refractivity (Wildman–Crippen MR) is 68.5 cm³/mol. The number of nitrogens with zero attached hydrogens (tertiary/aromatic N) is 1. The van der Waals surface area contributed by atoms with Crippen molar-refractivity contribution in [1.82, 2.24) is 15.6 Å². The van der Waals surface area contributed by atoms with Gasteiger partial charge in [-0.1, -0.05) is 26.8 Å². The molecule has 0 fully saturated rings. The normalized spacial score (nSPS) is 10.8. The SMILES string of the molecule is CC(C)(C)C(=O)NCC(=O)NCc1cccnc1. The monoisotopic (exact) mass is 249 g/mol. The highest BCUT2D eigenvalue weighted by Gasteiger charge is 2.21. The summed E-state index contributed by atoms with van der Waals surface area (Å²) in [5, 5.41) is 5.30. The number of aromatic nitrogens is 1. The Morgan fingerprint density at radius 1 is 1.28 bits per heavy atom. The molecule has 1 aromatic rings. The second-order valence-corrected chi connectivity index (χ2v) is 5.07. The first-order valence-corrected chi connectivity index (χ1v) is 5.83. The van der Waals surface area contributed by atoms with Crippen LogP contribution < -0.4 is 10.6 Å². The molecule has 18 heavy (non-hydrogen) atoms. The van der Waals surface area contributed by atoms with Crippen LogP contribution in [0.4, 0.5) is 0 Å². The molecule has 0 spiro atoms. The van der Waals surface area contributed by atoms with Crippen molar-refractivity contribution in [3.63, 3.8) is 0 Å². The van der Waals surface area contributed by atoms with E-state index in [0.29, 0.717) is 6.54 Å². The van der Waals surface area contributed by atoms with Crippen LogP contribution in [0.15, 0.2) is 24.5 Å². The van der Waals surface area contributed by atoms with E-state index in [2.05, 4.69) is 15.6 Å². The summed E-state index contributed by atoms with van der Waals surface area (Å²) in [6.07, 6.45) is 3.36. The lowest BCUT2D eigenvalue weighted by Gasteiger charge is -2.17. The Morgan fingerprint density at radius 3 is 2.56 bits per heavy atom. The highest BCUT2D eigenvalue weighted by atomic mass is 16.2. The Hall–Kier alpha value is -1.91. The molecule has 98 valence electrons. The average Bonchev–Trinajstić information content (AvgIpc) is 2.33. The van der Waals surface area contributed by atoms with Crippen LogP contribution in [-0.2, 0) is 16.1 Å². The third-order valence-corrected chi connectivity index (χ3v) is 2.30. The molecule has 5 nitrogen and oxygen atoms in total. The lowest BCUT2D eigenvalue weighted by molar-refractivity contribution is -0.131. The molecule has 0 aliphatic carbocycles. The van der Waals surface area contributed by atoms with Crippen LogP contribution >= 0.6 is 0 Å². The van der Waals surface area contributed by atoms with Crippen LogP contribution in [0.2, 0.25) is 0 Å². The zero-order valence-corrected chi connectivity index (χ0v) is 11.0. The molecule has 1 rings (SSSR count). The van der Waals surface area contributed by atoms with E-state index in [1.165, 1.54) is 0 Å². The fourth-order valence-electron chi connectivity index (χ4n) is 1.19. The van der Waals surface area contributed by atoms with Crippen LogP contribution in [0.3, 0.4) is 0 Å². The second-order valence-electron chi connectivity index (χ2n) is 5.07. The number of carbonyl (C=O) groups is 2. The summed E-state index contributed by atoms with van der Waals surface area (Å²) in [7, 11) is 0. The number of hydrogen-bond donors (Lipinski definition) is 2. The van der Waals surface area contributed by atoms with Crippen molar-refractivity contribution in [2.75, 3.05) is 6.54 Å². The number of hydrogen-bond acceptors (Lipinski definition) is 3. The van der Waals surface area contributed by atoms with Gasteiger partial charge in [-0.3, -0.25) is 14.6 Å². The molecule has 0 bridgehead atoms. The van der Waals surface area contributed by atoms with Crippen molar-refractivity contribution >= 4 is 11.8 Å². The summed E-state index contributed by atoms with van der Waals surface area (Å²) in [6.45, 7) is 5.82. The molecule has 1 heterocycles. The number of pyridine rings is 1. The summed E-state index contributed by atoms with van der Waals surface area (Å²) in [6, 6.07) is 3.68. The molecular formula is C13H19N3O2. The maximum Gasteiger partial charge on any atom is 0.239 e. The smallest absolute Gasteiger partial charge is 0.239 e. The van der Waals surface area contributed by atoms with E-state index in [1.807, 2.05) is 12.1 Å². The van der Waals surface area contributed by atoms with Gasteiger partial charge in [0, 0.05) is 24.4 Å². The summed E-state index contributed by atoms with van der Waals surface area (Å²) in [5.74, 6) is -0.351. The van der Waals surface area contributed by atoms with Crippen molar-refractivity contribution in [1.29, 1.82) is 0 Å². The van der Waals surface area contributed by atoms with E-state index >= 15 is 0 Å². The molecule has 2 amide bonds. The lowest BCUT2D eigenvalue weighted by atomic mass is 9.96. The van der Waals surface area contributed by atoms with Crippen LogP contribution in [0, 0.1) is 5.41 Å². The van der Waals surface area contributed by atoms with Crippen LogP contribution in [0.25, 0.3) is 0 Å². The van der Waals surface area contributed by atoms with Crippen molar-refractivity contribution in [3.05, 3.63) is 30.1 Å². The molecule has 0 aliphatic rings. The number of rotatable bonds is 4. The standard InChI is InChI=1S/C13H19N3O2/c1-13(2,3)12(18)16-9-11(17)15-8-10-5-4-6-14-7-10/h4-7H,8-9H2,1-3H3,(H,15,17)(H,16,18). The minimum absolute atomic E-state index is 0.00361. The van der Waals surface area contributed by atoms with Crippen molar-refractivity contribution < 1.29 is 9.59 Å². The van der Waals surface area contributed by atoms with E-state index in [9.17, 15) is 9.59 Å². The Labute approximate surface area is 107 Å². The van der Waals surface area contributed by atoms with Gasteiger partial charge in [0.1, 0.15) is 0 Å². The largest absolute Gasteiger partial charge is 0.350 e. The maximum atomic E-state index is 11.5. The first-order valence-electron chi connectivity index (χ1n) is 5.83. The van der Waals surface area contributed by atoms with Crippen LogP contribution in [-0.4, -0.2) is 23.3 Å². The lowest BCUT2D eigenvalue weighted by Crippen LogP contribution is -2.41. The molecule has 0 aliphatic heterocycles. The van der Waals surface area contributed by atoms with Gasteiger partial charge in [0.15, 0.2) is 0 Å². The third kappa shape index (κ3) is 4.95. The molecule has 2 N–H and O–H groups in total. The molecule has 1 aromatic heterocycles. The quantitative estimate of drug-likeness (QED) is 0.831. The molecular weight excluding hydrogens is 230 g/mol. The maximum absolute atomic E-state index is 11.5. The van der Waals surface area contributed by atoms with Crippen LogP contribution in [0.5, 0.6) is 0 Å². The van der Waals surface area contributed by atoms with E-state index in [-0.39, 0.29) is 18.4 Å². The summed E-state index contributed by atoms with van der Waals surface area (Å²) >= 11 is 0. The third-order valence-electron chi connectivity index (χ3n) is 2.30. The highest BCUT2D eigenvalue weighted by Crippen LogP contribution is 2.11. The fourth-order valence-corrected chi connectivity index (χ4v) is 1.19. The van der Waals surface area contributed by atoms with Gasteiger partial charge < -0.3 is 10.6 Å². The molecule has 0 aromatic carbocycles. The minimum atomic E-state index is -0.483. The Balaban J connectivity index is 2.29. The Bertz CT molecular complexity index is 410. The first-order chi connectivity index (χ1) is 8.39. The Kier molecular flexibility index (Phi) is 4.83. The van der Waals surface area contributed by atoms with Crippen LogP contribution in [0.1, 0.15) is 26.3 Å². The van der Waals surface area contributed by atoms with Crippen molar-refractivity contribution in [2.24, 2.45) is 5.41 Å². The zero-order chi connectivity index (χ0) is 13.6. The van der Waals surface area contributed by atoms with Gasteiger partial charge in [0.05, 0.1) is 6.54 Å². The molecule has 0 unspecified atom stereocenters. The summed E-state index contributed by atoms with van der Waals surface area (Å²) < 4.78 is 0. The van der Waals surface area contributed by atoms with Gasteiger partial charge in [-0.2, -0.15) is 0 Å². The van der Waals surface area contributed by atoms with Crippen molar-refractivity contribution in [3.8, 4) is 0 Å². The Morgan fingerprint density at radius 2 is 2.00 bits per heavy atom. The highest BCUT2D eigenvalue weighted by molar-refractivity contribution is 5.87. The second kappa shape index (κ2) is 6.14. The molecule has 0 saturated carbocycles. The van der Waals surface area contributed by atoms with Gasteiger partial charge in [0.2, 0.25) is 11.8 Å². The van der Waals surface area contributed by atoms with E-state index < -0.39 is 5.41 Å². The molecule has 0 radical (unpaired) electrons. The average molecular weight is 249 g/mol. The van der Waals surface area contributed by atoms with Crippen molar-refractivity contribution in [2.45, 2.75) is 27.3 Å². The predicted octanol–water partition coefficient (Wildman–Crippen LogP) is 0.860. The minimum Gasteiger partial charge on any atom is -0.350 e. The number of nitrogens with one attached hydrogen (secondary N) is 2. The molecule has 0 saturated heterocycles. The number of amides is 2. The van der Waals surface area contributed by atoms with Gasteiger partial charge in [-0.25, -0.2) is 0 Å². The van der Waals surface area contributed by atoms with Gasteiger partial charge in [-0.05, 0) is 11.6 Å². The van der Waals surface area contributed by atoms with Gasteiger partial charge in [0.25, 0.3) is 0 Å². The van der Waals surface area contributed by atoms with E-state index in [0.717, 1.165) is 5.56 Å². The molecule has 0 atom stereocenters. The summed E-state index contributed by atoms with van der Waals surface area (Å²) in [4.78, 5) is 27.0. The topological polar surface area (TPSA) is 71.1 Å². The van der Waals surface area contributed by atoms with E-state index in [4.69, 9.17) is 0 Å². The summed E-state index contributed by atoms with van der Waals surface area (Å²) in [5.41, 5.74) is 0.442. The van der Waals surface area contributed by atoms with E-state index in [1.54, 1.807) is 33.2 Å². The molecule has 5 heteroatoms. The number of carbonyl (C=O) groups excluding carboxylic acids is 2. The first kappa shape index (κ1) is 14.2. The fraction of sp³-hybridized carbons (Fsp3) is 0.462. The van der Waals surface area contributed by atoms with Gasteiger partial charge >= 0.3 is 0 Å². The zero-order valence-electron chi connectivity index (χ0n) is 11.0.